The minimum atomic E-state index is -0.576. The van der Waals surface area contributed by atoms with Gasteiger partial charge in [-0.05, 0) is 23.8 Å². The van der Waals surface area contributed by atoms with E-state index in [2.05, 4.69) is 0 Å². The average Bonchev–Trinajstić information content (AvgIpc) is 2.45. The van der Waals surface area contributed by atoms with E-state index in [0.29, 0.717) is 0 Å². The predicted molar refractivity (Wildman–Crippen MR) is 76.8 cm³/mol. The summed E-state index contributed by atoms with van der Waals surface area (Å²) < 4.78 is 32.4. The molecule has 0 saturated heterocycles. The molecular weight excluding hydrogens is 298 g/mol. The zero-order valence-corrected chi connectivity index (χ0v) is 12.1. The van der Waals surface area contributed by atoms with Gasteiger partial charge in [-0.25, -0.2) is 8.78 Å². The van der Waals surface area contributed by atoms with Gasteiger partial charge in [0.1, 0.15) is 11.6 Å². The maximum Gasteiger partial charge on any atom is 0.168 e. The molecule has 0 fully saturated rings. The largest absolute Gasteiger partial charge is 0.494 e. The van der Waals surface area contributed by atoms with E-state index in [1.807, 2.05) is 0 Å². The summed E-state index contributed by atoms with van der Waals surface area (Å²) in [4.78, 5) is 12.0. The number of hydrogen-bond donors (Lipinski definition) is 0. The van der Waals surface area contributed by atoms with Crippen molar-refractivity contribution in [3.05, 3.63) is 64.2 Å². The minimum Gasteiger partial charge on any atom is -0.494 e. The van der Waals surface area contributed by atoms with Gasteiger partial charge in [0.15, 0.2) is 11.6 Å². The van der Waals surface area contributed by atoms with Crippen LogP contribution in [0, 0.1) is 11.6 Å². The van der Waals surface area contributed by atoms with E-state index in [1.165, 1.54) is 37.4 Å². The smallest absolute Gasteiger partial charge is 0.168 e. The highest BCUT2D eigenvalue weighted by Gasteiger charge is 2.15. The average molecular weight is 311 g/mol. The summed E-state index contributed by atoms with van der Waals surface area (Å²) in [5.74, 6) is -1.37. The Hall–Kier alpha value is -1.94. The molecule has 2 aromatic carbocycles. The van der Waals surface area contributed by atoms with Gasteiger partial charge >= 0.3 is 0 Å². The van der Waals surface area contributed by atoms with Crippen molar-refractivity contribution >= 4 is 17.4 Å². The fourth-order valence-corrected chi connectivity index (χ4v) is 2.25. The van der Waals surface area contributed by atoms with Crippen LogP contribution in [0.15, 0.2) is 36.4 Å². The second-order valence-electron chi connectivity index (χ2n) is 4.53. The number of methoxy groups -OCH3 is 1. The van der Waals surface area contributed by atoms with E-state index in [9.17, 15) is 13.6 Å². The van der Waals surface area contributed by atoms with Gasteiger partial charge in [0.2, 0.25) is 0 Å². The number of hydrogen-bond acceptors (Lipinski definition) is 2. The van der Waals surface area contributed by atoms with Gasteiger partial charge in [-0.1, -0.05) is 29.8 Å². The van der Waals surface area contributed by atoms with Crippen LogP contribution < -0.4 is 4.74 Å². The standard InChI is InChI=1S/C16H13ClF2O2/c1-21-15-7-2-4-10(16(15)19)8-11(20)9-12-13(17)5-3-6-14(12)18/h2-7H,8-9H2,1H3. The Kier molecular flexibility index (Phi) is 4.91. The Labute approximate surface area is 126 Å². The van der Waals surface area contributed by atoms with Gasteiger partial charge in [0.05, 0.1) is 7.11 Å². The van der Waals surface area contributed by atoms with E-state index < -0.39 is 11.6 Å². The first-order valence-electron chi connectivity index (χ1n) is 6.29. The topological polar surface area (TPSA) is 26.3 Å². The molecule has 0 N–H and O–H groups in total. The lowest BCUT2D eigenvalue weighted by Crippen LogP contribution is -2.10. The molecule has 0 aromatic heterocycles. The first-order valence-corrected chi connectivity index (χ1v) is 6.66. The quantitative estimate of drug-likeness (QED) is 0.835. The van der Waals surface area contributed by atoms with Crippen molar-refractivity contribution in [1.82, 2.24) is 0 Å². The molecule has 0 saturated carbocycles. The van der Waals surface area contributed by atoms with Crippen LogP contribution in [0.25, 0.3) is 0 Å². The summed E-state index contributed by atoms with van der Waals surface area (Å²) in [6.07, 6.45) is -0.324. The van der Waals surface area contributed by atoms with Crippen LogP contribution in [0.2, 0.25) is 5.02 Å². The van der Waals surface area contributed by atoms with Gasteiger partial charge in [0.25, 0.3) is 0 Å². The Bertz CT molecular complexity index is 651. The minimum absolute atomic E-state index is 0.0734. The number of Topliss-reactive ketones (excluding diaryl/α,β-unsaturated/α-hetero) is 1. The van der Waals surface area contributed by atoms with Crippen LogP contribution >= 0.6 is 11.6 Å². The van der Waals surface area contributed by atoms with Gasteiger partial charge < -0.3 is 4.74 Å². The Morgan fingerprint density at radius 1 is 1.14 bits per heavy atom. The molecule has 5 heteroatoms. The highest BCUT2D eigenvalue weighted by molar-refractivity contribution is 6.31. The highest BCUT2D eigenvalue weighted by atomic mass is 35.5. The van der Waals surface area contributed by atoms with Crippen molar-refractivity contribution in [1.29, 1.82) is 0 Å². The maximum absolute atomic E-state index is 14.0. The molecule has 0 spiro atoms. The first kappa shape index (κ1) is 15.4. The van der Waals surface area contributed by atoms with Crippen LogP contribution in [-0.2, 0) is 17.6 Å². The number of carbonyl (C=O) groups excluding carboxylic acids is 1. The summed E-state index contributed by atoms with van der Waals surface area (Å²) in [7, 11) is 1.35. The molecule has 0 bridgehead atoms. The molecule has 0 aliphatic carbocycles. The summed E-state index contributed by atoms with van der Waals surface area (Å²) in [6.45, 7) is 0. The van der Waals surface area contributed by atoms with Crippen LogP contribution in [0.1, 0.15) is 11.1 Å². The van der Waals surface area contributed by atoms with Crippen LogP contribution in [-0.4, -0.2) is 12.9 Å². The van der Waals surface area contributed by atoms with Crippen molar-refractivity contribution in [2.45, 2.75) is 12.8 Å². The van der Waals surface area contributed by atoms with Crippen molar-refractivity contribution in [2.75, 3.05) is 7.11 Å². The molecule has 0 radical (unpaired) electrons. The Balaban J connectivity index is 2.16. The van der Waals surface area contributed by atoms with Crippen LogP contribution in [0.4, 0.5) is 8.78 Å². The Morgan fingerprint density at radius 2 is 1.86 bits per heavy atom. The van der Waals surface area contributed by atoms with Gasteiger partial charge in [-0.3, -0.25) is 4.79 Å². The molecule has 2 aromatic rings. The molecule has 0 unspecified atom stereocenters. The van der Waals surface area contributed by atoms with E-state index in [4.69, 9.17) is 16.3 Å². The van der Waals surface area contributed by atoms with Gasteiger partial charge in [-0.2, -0.15) is 0 Å². The van der Waals surface area contributed by atoms with Gasteiger partial charge in [-0.15, -0.1) is 0 Å². The second-order valence-corrected chi connectivity index (χ2v) is 4.93. The fourth-order valence-electron chi connectivity index (χ4n) is 2.02. The third-order valence-corrected chi connectivity index (χ3v) is 3.44. The summed E-state index contributed by atoms with van der Waals surface area (Å²) >= 11 is 5.87. The summed E-state index contributed by atoms with van der Waals surface area (Å²) in [5, 5.41) is 0.189. The fraction of sp³-hybridized carbons (Fsp3) is 0.188. The van der Waals surface area contributed by atoms with E-state index in [0.717, 1.165) is 0 Å². The van der Waals surface area contributed by atoms with E-state index >= 15 is 0 Å². The zero-order valence-electron chi connectivity index (χ0n) is 11.3. The lowest BCUT2D eigenvalue weighted by Gasteiger charge is -2.08. The monoisotopic (exact) mass is 310 g/mol. The molecule has 2 nitrogen and oxygen atoms in total. The van der Waals surface area contributed by atoms with E-state index in [1.54, 1.807) is 6.07 Å². The normalized spacial score (nSPS) is 10.5. The predicted octanol–water partition coefficient (Wildman–Crippen LogP) is 3.98. The number of ether oxygens (including phenoxy) is 1. The van der Waals surface area contributed by atoms with E-state index in [-0.39, 0.29) is 40.5 Å². The third-order valence-electron chi connectivity index (χ3n) is 3.09. The number of carbonyl (C=O) groups is 1. The first-order chi connectivity index (χ1) is 10.0. The molecule has 0 heterocycles. The van der Waals surface area contributed by atoms with Crippen molar-refractivity contribution in [3.8, 4) is 5.75 Å². The molecular formula is C16H13ClF2O2. The molecule has 0 aliphatic rings. The maximum atomic E-state index is 14.0. The molecule has 0 atom stereocenters. The number of ketones is 1. The summed E-state index contributed by atoms with van der Waals surface area (Å²) in [5.41, 5.74) is 0.347. The summed E-state index contributed by atoms with van der Waals surface area (Å²) in [6, 6.07) is 8.78. The molecule has 21 heavy (non-hydrogen) atoms. The van der Waals surface area contributed by atoms with Crippen LogP contribution in [0.3, 0.4) is 0 Å². The zero-order chi connectivity index (χ0) is 15.4. The molecule has 0 aliphatic heterocycles. The highest BCUT2D eigenvalue weighted by Crippen LogP contribution is 2.23. The van der Waals surface area contributed by atoms with Crippen molar-refractivity contribution in [3.63, 3.8) is 0 Å². The SMILES string of the molecule is COc1cccc(CC(=O)Cc2c(F)cccc2Cl)c1F. The van der Waals surface area contributed by atoms with Gasteiger partial charge in [0, 0.05) is 23.4 Å². The molecule has 0 amide bonds. The van der Waals surface area contributed by atoms with Crippen molar-refractivity contribution in [2.24, 2.45) is 0 Å². The lowest BCUT2D eigenvalue weighted by molar-refractivity contribution is -0.117. The molecule has 110 valence electrons. The number of benzene rings is 2. The molecule has 2 rings (SSSR count). The van der Waals surface area contributed by atoms with Crippen molar-refractivity contribution < 1.29 is 18.3 Å². The third kappa shape index (κ3) is 3.58. The second kappa shape index (κ2) is 6.68. The lowest BCUT2D eigenvalue weighted by atomic mass is 10.0. The van der Waals surface area contributed by atoms with Crippen LogP contribution in [0.5, 0.6) is 5.75 Å². The number of halogens is 3. The number of rotatable bonds is 5. The Morgan fingerprint density at radius 3 is 2.52 bits per heavy atom.